The summed E-state index contributed by atoms with van der Waals surface area (Å²) < 4.78 is 26.4. The van der Waals surface area contributed by atoms with Gasteiger partial charge in [-0.25, -0.2) is 13.4 Å². The summed E-state index contributed by atoms with van der Waals surface area (Å²) in [5.74, 6) is 0.797. The molecule has 0 radical (unpaired) electrons. The van der Waals surface area contributed by atoms with Crippen LogP contribution < -0.4 is 0 Å². The van der Waals surface area contributed by atoms with Crippen molar-refractivity contribution in [3.8, 4) is 0 Å². The number of pyridine rings is 1. The Labute approximate surface area is 125 Å². The largest absolute Gasteiger partial charge is 0.249 e. The SMILES string of the molecule is C=C(C)CSc1ccc(S(=O)(=O)N2CCCCC2)cn1. The highest BCUT2D eigenvalue weighted by Crippen LogP contribution is 2.23. The lowest BCUT2D eigenvalue weighted by Crippen LogP contribution is -2.35. The molecule has 0 atom stereocenters. The van der Waals surface area contributed by atoms with Gasteiger partial charge in [0.25, 0.3) is 0 Å². The Morgan fingerprint density at radius 3 is 2.60 bits per heavy atom. The van der Waals surface area contributed by atoms with Crippen LogP contribution in [0.25, 0.3) is 0 Å². The summed E-state index contributed by atoms with van der Waals surface area (Å²) in [6.07, 6.45) is 4.46. The fourth-order valence-corrected chi connectivity index (χ4v) is 4.20. The Balaban J connectivity index is 2.10. The van der Waals surface area contributed by atoms with E-state index in [0.29, 0.717) is 18.0 Å². The van der Waals surface area contributed by atoms with Crippen molar-refractivity contribution in [1.82, 2.24) is 9.29 Å². The molecule has 0 N–H and O–H groups in total. The maximum Gasteiger partial charge on any atom is 0.244 e. The lowest BCUT2D eigenvalue weighted by Gasteiger charge is -2.25. The zero-order chi connectivity index (χ0) is 14.6. The van der Waals surface area contributed by atoms with Crippen LogP contribution in [0.5, 0.6) is 0 Å². The smallest absolute Gasteiger partial charge is 0.244 e. The lowest BCUT2D eigenvalue weighted by atomic mass is 10.2. The van der Waals surface area contributed by atoms with Crippen LogP contribution >= 0.6 is 11.8 Å². The van der Waals surface area contributed by atoms with E-state index in [1.807, 2.05) is 6.92 Å². The molecule has 0 aromatic carbocycles. The summed E-state index contributed by atoms with van der Waals surface area (Å²) in [6.45, 7) is 7.04. The van der Waals surface area contributed by atoms with Gasteiger partial charge in [0, 0.05) is 25.0 Å². The van der Waals surface area contributed by atoms with Crippen molar-refractivity contribution < 1.29 is 8.42 Å². The van der Waals surface area contributed by atoms with E-state index in [4.69, 9.17) is 0 Å². The molecule has 1 aliphatic rings. The number of aromatic nitrogens is 1. The van der Waals surface area contributed by atoms with Crippen LogP contribution in [0.15, 0.2) is 40.4 Å². The van der Waals surface area contributed by atoms with Crippen molar-refractivity contribution in [3.05, 3.63) is 30.5 Å². The van der Waals surface area contributed by atoms with E-state index < -0.39 is 10.0 Å². The maximum atomic E-state index is 12.4. The average Bonchev–Trinajstić information content (AvgIpc) is 2.46. The van der Waals surface area contributed by atoms with Gasteiger partial charge in [0.15, 0.2) is 0 Å². The van der Waals surface area contributed by atoms with E-state index >= 15 is 0 Å². The van der Waals surface area contributed by atoms with Gasteiger partial charge >= 0.3 is 0 Å². The van der Waals surface area contributed by atoms with Gasteiger partial charge in [-0.1, -0.05) is 18.6 Å². The molecule has 2 heterocycles. The van der Waals surface area contributed by atoms with Gasteiger partial charge in [-0.15, -0.1) is 11.8 Å². The first-order chi connectivity index (χ1) is 9.50. The Morgan fingerprint density at radius 2 is 2.05 bits per heavy atom. The molecule has 0 unspecified atom stereocenters. The molecular weight excluding hydrogens is 292 g/mol. The maximum absolute atomic E-state index is 12.4. The molecule has 20 heavy (non-hydrogen) atoms. The van der Waals surface area contributed by atoms with Crippen LogP contribution in [0.2, 0.25) is 0 Å². The zero-order valence-electron chi connectivity index (χ0n) is 11.7. The summed E-state index contributed by atoms with van der Waals surface area (Å²) in [4.78, 5) is 4.52. The van der Waals surface area contributed by atoms with E-state index in [1.165, 1.54) is 6.20 Å². The number of hydrogen-bond acceptors (Lipinski definition) is 4. The van der Waals surface area contributed by atoms with Gasteiger partial charge < -0.3 is 0 Å². The van der Waals surface area contributed by atoms with Crippen molar-refractivity contribution in [2.45, 2.75) is 36.1 Å². The van der Waals surface area contributed by atoms with E-state index in [1.54, 1.807) is 28.2 Å². The summed E-state index contributed by atoms with van der Waals surface area (Å²) in [6, 6.07) is 3.42. The average molecular weight is 312 g/mol. The number of thioether (sulfide) groups is 1. The standard InChI is InChI=1S/C14H20N2O2S2/c1-12(2)11-19-14-7-6-13(10-15-14)20(17,18)16-8-4-3-5-9-16/h6-7,10H,1,3-5,8-9,11H2,2H3. The van der Waals surface area contributed by atoms with Crippen LogP contribution in [0.1, 0.15) is 26.2 Å². The minimum Gasteiger partial charge on any atom is -0.249 e. The Morgan fingerprint density at radius 1 is 1.35 bits per heavy atom. The molecule has 110 valence electrons. The molecule has 2 rings (SSSR count). The van der Waals surface area contributed by atoms with E-state index in [0.717, 1.165) is 35.6 Å². The Kier molecular flexibility index (Phi) is 5.23. The second-order valence-electron chi connectivity index (χ2n) is 5.04. The van der Waals surface area contributed by atoms with Crippen molar-refractivity contribution >= 4 is 21.8 Å². The van der Waals surface area contributed by atoms with Crippen molar-refractivity contribution in [3.63, 3.8) is 0 Å². The molecule has 0 bridgehead atoms. The fraction of sp³-hybridized carbons (Fsp3) is 0.500. The van der Waals surface area contributed by atoms with Crippen LogP contribution in [0.3, 0.4) is 0 Å². The van der Waals surface area contributed by atoms with Crippen molar-refractivity contribution in [1.29, 1.82) is 0 Å². The quantitative estimate of drug-likeness (QED) is 0.619. The summed E-state index contributed by atoms with van der Waals surface area (Å²) in [5.41, 5.74) is 1.07. The first-order valence-electron chi connectivity index (χ1n) is 6.73. The molecule has 1 aliphatic heterocycles. The second-order valence-corrected chi connectivity index (χ2v) is 7.98. The van der Waals surface area contributed by atoms with Crippen LogP contribution in [-0.4, -0.2) is 36.5 Å². The Hall–Kier alpha value is -0.850. The summed E-state index contributed by atoms with van der Waals surface area (Å²) in [5, 5.41) is 0.825. The monoisotopic (exact) mass is 312 g/mol. The molecule has 0 aliphatic carbocycles. The lowest BCUT2D eigenvalue weighted by molar-refractivity contribution is 0.346. The van der Waals surface area contributed by atoms with Gasteiger partial charge in [-0.2, -0.15) is 4.31 Å². The molecule has 1 aromatic rings. The normalized spacial score (nSPS) is 17.1. The second kappa shape index (κ2) is 6.74. The first kappa shape index (κ1) is 15.5. The number of rotatable bonds is 5. The number of piperidine rings is 1. The number of sulfonamides is 1. The zero-order valence-corrected chi connectivity index (χ0v) is 13.3. The van der Waals surface area contributed by atoms with Gasteiger partial charge in [-0.05, 0) is 31.9 Å². The molecule has 1 saturated heterocycles. The van der Waals surface area contributed by atoms with E-state index in [2.05, 4.69) is 11.6 Å². The topological polar surface area (TPSA) is 50.3 Å². The number of nitrogens with zero attached hydrogens (tertiary/aromatic N) is 2. The van der Waals surface area contributed by atoms with Gasteiger partial charge in [0.05, 0.1) is 5.03 Å². The molecule has 4 nitrogen and oxygen atoms in total. The molecule has 0 amide bonds. The molecular formula is C14H20N2O2S2. The van der Waals surface area contributed by atoms with Gasteiger partial charge in [0.1, 0.15) is 4.90 Å². The summed E-state index contributed by atoms with van der Waals surface area (Å²) in [7, 11) is -3.37. The summed E-state index contributed by atoms with van der Waals surface area (Å²) >= 11 is 1.56. The molecule has 0 spiro atoms. The predicted molar refractivity (Wildman–Crippen MR) is 82.4 cm³/mol. The minimum atomic E-state index is -3.37. The third-order valence-corrected chi connectivity index (χ3v) is 6.19. The van der Waals surface area contributed by atoms with Crippen LogP contribution in [-0.2, 0) is 10.0 Å². The van der Waals surface area contributed by atoms with Crippen molar-refractivity contribution in [2.24, 2.45) is 0 Å². The highest BCUT2D eigenvalue weighted by molar-refractivity contribution is 7.99. The third-order valence-electron chi connectivity index (χ3n) is 3.13. The predicted octanol–water partition coefficient (Wildman–Crippen LogP) is 2.92. The van der Waals surface area contributed by atoms with E-state index in [9.17, 15) is 8.42 Å². The van der Waals surface area contributed by atoms with Gasteiger partial charge in [-0.3, -0.25) is 0 Å². The number of hydrogen-bond donors (Lipinski definition) is 0. The van der Waals surface area contributed by atoms with Gasteiger partial charge in [0.2, 0.25) is 10.0 Å². The highest BCUT2D eigenvalue weighted by Gasteiger charge is 2.25. The van der Waals surface area contributed by atoms with Crippen LogP contribution in [0.4, 0.5) is 0 Å². The molecule has 1 aromatic heterocycles. The third kappa shape index (κ3) is 3.84. The first-order valence-corrected chi connectivity index (χ1v) is 9.16. The molecule has 6 heteroatoms. The molecule has 1 fully saturated rings. The highest BCUT2D eigenvalue weighted by atomic mass is 32.2. The van der Waals surface area contributed by atoms with Crippen molar-refractivity contribution in [2.75, 3.05) is 18.8 Å². The van der Waals surface area contributed by atoms with Crippen LogP contribution in [0, 0.1) is 0 Å². The molecule has 0 saturated carbocycles. The minimum absolute atomic E-state index is 0.291. The Bertz CT molecular complexity index is 561. The fourth-order valence-electron chi connectivity index (χ4n) is 2.06. The van der Waals surface area contributed by atoms with E-state index in [-0.39, 0.29) is 0 Å².